The van der Waals surface area contributed by atoms with Gasteiger partial charge in [-0.2, -0.15) is 10.5 Å². The minimum absolute atomic E-state index is 0.0707. The average Bonchev–Trinajstić information content (AvgIpc) is 2.46. The SMILES string of the molecule is CC1(C)CC(c2ccc([N+](=O)[O-])c(O)c2)=CC(=C(C#N)C#N)C1. The number of nitriles is 2. The molecule has 0 fully saturated rings. The number of hydrogen-bond donors (Lipinski definition) is 1. The van der Waals surface area contributed by atoms with E-state index < -0.39 is 10.7 Å². The number of allylic oxidation sites excluding steroid dienone is 4. The van der Waals surface area contributed by atoms with E-state index in [2.05, 4.69) is 0 Å². The molecule has 0 spiro atoms. The molecule has 1 aliphatic carbocycles. The third-order valence-electron chi connectivity index (χ3n) is 3.77. The number of hydrogen-bond acceptors (Lipinski definition) is 5. The van der Waals surface area contributed by atoms with Crippen LogP contribution in [0.4, 0.5) is 5.69 Å². The van der Waals surface area contributed by atoms with Crippen LogP contribution < -0.4 is 0 Å². The summed E-state index contributed by atoms with van der Waals surface area (Å²) in [5.41, 5.74) is 1.70. The molecule has 0 unspecified atom stereocenters. The first kappa shape index (κ1) is 16.3. The topological polar surface area (TPSA) is 111 Å². The van der Waals surface area contributed by atoms with Gasteiger partial charge in [-0.25, -0.2) is 0 Å². The van der Waals surface area contributed by atoms with Crippen LogP contribution in [0.3, 0.4) is 0 Å². The second-order valence-electron chi connectivity index (χ2n) is 6.27. The summed E-state index contributed by atoms with van der Waals surface area (Å²) in [4.78, 5) is 10.1. The van der Waals surface area contributed by atoms with Crippen LogP contribution in [0.5, 0.6) is 5.75 Å². The maximum Gasteiger partial charge on any atom is 0.310 e. The number of nitro benzene ring substituents is 1. The molecule has 0 saturated heterocycles. The summed E-state index contributed by atoms with van der Waals surface area (Å²) in [6.45, 7) is 4.05. The van der Waals surface area contributed by atoms with Gasteiger partial charge in [0.25, 0.3) is 0 Å². The Morgan fingerprint density at radius 1 is 1.30 bits per heavy atom. The van der Waals surface area contributed by atoms with Crippen molar-refractivity contribution >= 4 is 11.3 Å². The van der Waals surface area contributed by atoms with Crippen LogP contribution in [0.2, 0.25) is 0 Å². The molecular formula is C17H15N3O3. The first-order valence-corrected chi connectivity index (χ1v) is 6.99. The van der Waals surface area contributed by atoms with E-state index in [4.69, 9.17) is 10.5 Å². The van der Waals surface area contributed by atoms with Crippen LogP contribution in [0, 0.1) is 38.2 Å². The molecule has 0 bridgehead atoms. The lowest BCUT2D eigenvalue weighted by Crippen LogP contribution is -2.17. The summed E-state index contributed by atoms with van der Waals surface area (Å²) >= 11 is 0. The smallest absolute Gasteiger partial charge is 0.310 e. The number of aromatic hydroxyl groups is 1. The molecule has 1 N–H and O–H groups in total. The number of nitrogens with zero attached hydrogens (tertiary/aromatic N) is 3. The van der Waals surface area contributed by atoms with Crippen LogP contribution in [0.1, 0.15) is 32.3 Å². The quantitative estimate of drug-likeness (QED) is 0.506. The Bertz CT molecular complexity index is 804. The zero-order valence-electron chi connectivity index (χ0n) is 12.8. The summed E-state index contributed by atoms with van der Waals surface area (Å²) in [5, 5.41) is 38.7. The lowest BCUT2D eigenvalue weighted by molar-refractivity contribution is -0.385. The van der Waals surface area contributed by atoms with Crippen LogP contribution in [0.15, 0.2) is 35.4 Å². The highest BCUT2D eigenvalue weighted by Gasteiger charge is 2.28. The minimum Gasteiger partial charge on any atom is -0.502 e. The van der Waals surface area contributed by atoms with Gasteiger partial charge >= 0.3 is 5.69 Å². The molecule has 1 aromatic carbocycles. The first-order valence-electron chi connectivity index (χ1n) is 6.99. The molecular weight excluding hydrogens is 294 g/mol. The van der Waals surface area contributed by atoms with Crippen LogP contribution >= 0.6 is 0 Å². The average molecular weight is 309 g/mol. The second kappa shape index (κ2) is 5.94. The largest absolute Gasteiger partial charge is 0.502 e. The molecule has 0 aromatic heterocycles. The summed E-state index contributed by atoms with van der Waals surface area (Å²) in [6, 6.07) is 7.98. The number of rotatable bonds is 2. The van der Waals surface area contributed by atoms with Crippen molar-refractivity contribution in [3.05, 3.63) is 51.1 Å². The normalized spacial score (nSPS) is 16.0. The second-order valence-corrected chi connectivity index (χ2v) is 6.27. The summed E-state index contributed by atoms with van der Waals surface area (Å²) < 4.78 is 0. The molecule has 0 heterocycles. The van der Waals surface area contributed by atoms with Crippen molar-refractivity contribution < 1.29 is 10.0 Å². The van der Waals surface area contributed by atoms with Gasteiger partial charge in [-0.05, 0) is 47.1 Å². The molecule has 2 rings (SSSR count). The van der Waals surface area contributed by atoms with Gasteiger partial charge in [0.1, 0.15) is 17.7 Å². The maximum atomic E-state index is 10.8. The molecule has 0 atom stereocenters. The number of phenolic OH excluding ortho intramolecular Hbond substituents is 1. The fourth-order valence-electron chi connectivity index (χ4n) is 2.80. The minimum atomic E-state index is -0.646. The van der Waals surface area contributed by atoms with Crippen LogP contribution in [-0.4, -0.2) is 10.0 Å². The van der Waals surface area contributed by atoms with E-state index in [0.717, 1.165) is 5.57 Å². The van der Waals surface area contributed by atoms with E-state index in [1.807, 2.05) is 26.0 Å². The number of benzene rings is 1. The Hall–Kier alpha value is -3.12. The Kier molecular flexibility index (Phi) is 4.20. The Labute approximate surface area is 133 Å². The molecule has 1 aliphatic rings. The van der Waals surface area contributed by atoms with Crippen molar-refractivity contribution in [3.63, 3.8) is 0 Å². The molecule has 23 heavy (non-hydrogen) atoms. The molecule has 0 radical (unpaired) electrons. The number of phenols is 1. The van der Waals surface area contributed by atoms with E-state index in [1.54, 1.807) is 12.1 Å². The van der Waals surface area contributed by atoms with Gasteiger partial charge in [0.05, 0.1) is 4.92 Å². The van der Waals surface area contributed by atoms with Crippen molar-refractivity contribution in [2.75, 3.05) is 0 Å². The molecule has 116 valence electrons. The zero-order chi connectivity index (χ0) is 17.2. The van der Waals surface area contributed by atoms with Gasteiger partial charge in [-0.1, -0.05) is 19.9 Å². The van der Waals surface area contributed by atoms with Gasteiger partial charge in [0.15, 0.2) is 5.75 Å². The van der Waals surface area contributed by atoms with Crippen molar-refractivity contribution in [3.8, 4) is 17.9 Å². The van der Waals surface area contributed by atoms with Gasteiger partial charge in [-0.15, -0.1) is 0 Å². The van der Waals surface area contributed by atoms with Crippen molar-refractivity contribution in [2.45, 2.75) is 26.7 Å². The highest BCUT2D eigenvalue weighted by atomic mass is 16.6. The lowest BCUT2D eigenvalue weighted by atomic mass is 9.73. The van der Waals surface area contributed by atoms with Gasteiger partial charge < -0.3 is 5.11 Å². The van der Waals surface area contributed by atoms with E-state index in [9.17, 15) is 15.2 Å². The molecule has 0 saturated carbocycles. The van der Waals surface area contributed by atoms with E-state index in [-0.39, 0.29) is 16.7 Å². The molecule has 1 aromatic rings. The third-order valence-corrected chi connectivity index (χ3v) is 3.77. The van der Waals surface area contributed by atoms with E-state index in [1.165, 1.54) is 12.1 Å². The summed E-state index contributed by atoms with van der Waals surface area (Å²) in [5.74, 6) is -0.400. The summed E-state index contributed by atoms with van der Waals surface area (Å²) in [7, 11) is 0. The van der Waals surface area contributed by atoms with Crippen LogP contribution in [0.25, 0.3) is 5.57 Å². The molecule has 6 nitrogen and oxygen atoms in total. The predicted octanol–water partition coefficient (Wildman–Crippen LogP) is 3.85. The van der Waals surface area contributed by atoms with Gasteiger partial charge in [0.2, 0.25) is 0 Å². The summed E-state index contributed by atoms with van der Waals surface area (Å²) in [6.07, 6.45) is 3.05. The molecule has 0 amide bonds. The number of nitro groups is 1. The highest BCUT2D eigenvalue weighted by Crippen LogP contribution is 2.43. The fourth-order valence-corrected chi connectivity index (χ4v) is 2.80. The molecule has 0 aliphatic heterocycles. The van der Waals surface area contributed by atoms with E-state index in [0.29, 0.717) is 24.0 Å². The Morgan fingerprint density at radius 3 is 2.48 bits per heavy atom. The van der Waals surface area contributed by atoms with Crippen LogP contribution in [-0.2, 0) is 0 Å². The Balaban J connectivity index is 2.56. The Morgan fingerprint density at radius 2 is 1.96 bits per heavy atom. The monoisotopic (exact) mass is 309 g/mol. The van der Waals surface area contributed by atoms with E-state index >= 15 is 0 Å². The van der Waals surface area contributed by atoms with Crippen molar-refractivity contribution in [2.24, 2.45) is 5.41 Å². The zero-order valence-corrected chi connectivity index (χ0v) is 12.8. The van der Waals surface area contributed by atoms with Crippen molar-refractivity contribution in [1.82, 2.24) is 0 Å². The third kappa shape index (κ3) is 3.38. The van der Waals surface area contributed by atoms with Crippen molar-refractivity contribution in [1.29, 1.82) is 10.5 Å². The first-order chi connectivity index (χ1) is 10.8. The maximum absolute atomic E-state index is 10.8. The molecule has 6 heteroatoms. The highest BCUT2D eigenvalue weighted by molar-refractivity contribution is 5.73. The fraction of sp³-hybridized carbons (Fsp3) is 0.294. The standard InChI is InChI=1S/C17H15N3O3/c1-17(2)7-12(5-13(8-17)14(9-18)10-19)11-3-4-15(20(22)23)16(21)6-11/h3-6,21H,7-8H2,1-2H3. The van der Waals surface area contributed by atoms with Gasteiger partial charge in [-0.3, -0.25) is 10.1 Å². The predicted molar refractivity (Wildman–Crippen MR) is 84.0 cm³/mol. The van der Waals surface area contributed by atoms with Gasteiger partial charge in [0, 0.05) is 6.07 Å². The lowest BCUT2D eigenvalue weighted by Gasteiger charge is -2.31.